The van der Waals surface area contributed by atoms with Crippen molar-refractivity contribution >= 4 is 28.6 Å². The van der Waals surface area contributed by atoms with Crippen molar-refractivity contribution in [2.45, 2.75) is 6.54 Å². The van der Waals surface area contributed by atoms with Gasteiger partial charge in [0, 0.05) is 11.6 Å². The van der Waals surface area contributed by atoms with E-state index in [9.17, 15) is 4.79 Å². The van der Waals surface area contributed by atoms with Crippen LogP contribution in [0, 0.1) is 0 Å². The molecule has 5 heteroatoms. The molecule has 0 spiro atoms. The standard InChI is InChI=1S/C9H7ClN2O2/c10-7-2-1-6-3-4-12(5-8(13)14)9(6)11-7/h1-4H,5H2,(H,13,14). The van der Waals surface area contributed by atoms with Gasteiger partial charge in [0.25, 0.3) is 0 Å². The largest absolute Gasteiger partial charge is 0.480 e. The second-order valence-electron chi connectivity index (χ2n) is 2.88. The molecule has 4 nitrogen and oxygen atoms in total. The lowest BCUT2D eigenvalue weighted by molar-refractivity contribution is -0.137. The Bertz CT molecular complexity index is 493. The number of rotatable bonds is 2. The van der Waals surface area contributed by atoms with E-state index >= 15 is 0 Å². The summed E-state index contributed by atoms with van der Waals surface area (Å²) >= 11 is 5.71. The summed E-state index contributed by atoms with van der Waals surface area (Å²) in [6.07, 6.45) is 1.68. The Morgan fingerprint density at radius 3 is 3.00 bits per heavy atom. The fourth-order valence-electron chi connectivity index (χ4n) is 1.31. The average molecular weight is 211 g/mol. The highest BCUT2D eigenvalue weighted by atomic mass is 35.5. The number of nitrogens with zero attached hydrogens (tertiary/aromatic N) is 2. The molecule has 0 bridgehead atoms. The van der Waals surface area contributed by atoms with E-state index in [0.29, 0.717) is 10.8 Å². The minimum Gasteiger partial charge on any atom is -0.480 e. The molecule has 0 aromatic carbocycles. The molecule has 2 aromatic heterocycles. The minimum atomic E-state index is -0.899. The molecule has 0 saturated carbocycles. The molecule has 0 amide bonds. The van der Waals surface area contributed by atoms with Crippen molar-refractivity contribution in [3.05, 3.63) is 29.5 Å². The van der Waals surface area contributed by atoms with Crippen LogP contribution in [0.5, 0.6) is 0 Å². The number of aliphatic carboxylic acids is 1. The lowest BCUT2D eigenvalue weighted by Gasteiger charge is -1.99. The van der Waals surface area contributed by atoms with Gasteiger partial charge < -0.3 is 9.67 Å². The summed E-state index contributed by atoms with van der Waals surface area (Å²) in [5.74, 6) is -0.899. The summed E-state index contributed by atoms with van der Waals surface area (Å²) in [6.45, 7) is -0.100. The normalized spacial score (nSPS) is 10.6. The number of carboxylic acid groups (broad SMARTS) is 1. The van der Waals surface area contributed by atoms with E-state index in [4.69, 9.17) is 16.7 Å². The topological polar surface area (TPSA) is 55.1 Å². The van der Waals surface area contributed by atoms with Gasteiger partial charge >= 0.3 is 5.97 Å². The number of aromatic nitrogens is 2. The zero-order valence-electron chi connectivity index (χ0n) is 7.14. The van der Waals surface area contributed by atoms with E-state index in [1.807, 2.05) is 12.1 Å². The van der Waals surface area contributed by atoms with Crippen molar-refractivity contribution < 1.29 is 9.90 Å². The van der Waals surface area contributed by atoms with E-state index < -0.39 is 5.97 Å². The van der Waals surface area contributed by atoms with Crippen molar-refractivity contribution in [3.63, 3.8) is 0 Å². The summed E-state index contributed by atoms with van der Waals surface area (Å²) in [7, 11) is 0. The van der Waals surface area contributed by atoms with Crippen LogP contribution < -0.4 is 0 Å². The van der Waals surface area contributed by atoms with Crippen molar-refractivity contribution in [2.24, 2.45) is 0 Å². The molecule has 2 aromatic rings. The summed E-state index contributed by atoms with van der Waals surface area (Å²) in [6, 6.07) is 5.29. The number of hydrogen-bond donors (Lipinski definition) is 1. The maximum atomic E-state index is 10.5. The third-order valence-electron chi connectivity index (χ3n) is 1.88. The fraction of sp³-hybridized carbons (Fsp3) is 0.111. The molecule has 2 rings (SSSR count). The van der Waals surface area contributed by atoms with E-state index in [2.05, 4.69) is 4.98 Å². The number of fused-ring (bicyclic) bond motifs is 1. The first-order chi connectivity index (χ1) is 6.66. The summed E-state index contributed by atoms with van der Waals surface area (Å²) in [5, 5.41) is 9.88. The summed E-state index contributed by atoms with van der Waals surface area (Å²) < 4.78 is 1.55. The van der Waals surface area contributed by atoms with Crippen LogP contribution in [-0.2, 0) is 11.3 Å². The number of pyridine rings is 1. The highest BCUT2D eigenvalue weighted by Crippen LogP contribution is 2.16. The monoisotopic (exact) mass is 210 g/mol. The Labute approximate surface area is 84.7 Å². The van der Waals surface area contributed by atoms with Crippen LogP contribution in [0.25, 0.3) is 11.0 Å². The zero-order chi connectivity index (χ0) is 10.1. The third kappa shape index (κ3) is 1.56. The first kappa shape index (κ1) is 9.02. The van der Waals surface area contributed by atoms with Crippen LogP contribution in [0.2, 0.25) is 5.15 Å². The van der Waals surface area contributed by atoms with Crippen LogP contribution in [0.15, 0.2) is 24.4 Å². The van der Waals surface area contributed by atoms with Gasteiger partial charge in [-0.15, -0.1) is 0 Å². The molecule has 0 radical (unpaired) electrons. The number of carbonyl (C=O) groups is 1. The smallest absolute Gasteiger partial charge is 0.323 e. The highest BCUT2D eigenvalue weighted by Gasteiger charge is 2.05. The Balaban J connectivity index is 2.55. The summed E-state index contributed by atoms with van der Waals surface area (Å²) in [4.78, 5) is 14.6. The predicted molar refractivity (Wildman–Crippen MR) is 52.4 cm³/mol. The first-order valence-electron chi connectivity index (χ1n) is 4.00. The van der Waals surface area contributed by atoms with E-state index in [-0.39, 0.29) is 6.54 Å². The number of carboxylic acids is 1. The second-order valence-corrected chi connectivity index (χ2v) is 3.27. The quantitative estimate of drug-likeness (QED) is 0.769. The van der Waals surface area contributed by atoms with Gasteiger partial charge in [0.05, 0.1) is 0 Å². The van der Waals surface area contributed by atoms with Gasteiger partial charge in [-0.3, -0.25) is 4.79 Å². The predicted octanol–water partition coefficient (Wildman–Crippen LogP) is 1.77. The van der Waals surface area contributed by atoms with Crippen LogP contribution >= 0.6 is 11.6 Å². The molecule has 0 aliphatic rings. The maximum absolute atomic E-state index is 10.5. The molecular formula is C9H7ClN2O2. The molecule has 2 heterocycles. The molecule has 0 aliphatic heterocycles. The van der Waals surface area contributed by atoms with Crippen LogP contribution in [0.3, 0.4) is 0 Å². The minimum absolute atomic E-state index is 0.100. The lowest BCUT2D eigenvalue weighted by Crippen LogP contribution is -2.07. The molecule has 0 fully saturated rings. The number of halogens is 1. The fourth-order valence-corrected chi connectivity index (χ4v) is 1.45. The van der Waals surface area contributed by atoms with Gasteiger partial charge in [0.2, 0.25) is 0 Å². The van der Waals surface area contributed by atoms with Crippen LogP contribution in [0.1, 0.15) is 0 Å². The van der Waals surface area contributed by atoms with Gasteiger partial charge in [-0.2, -0.15) is 0 Å². The molecule has 1 N–H and O–H groups in total. The van der Waals surface area contributed by atoms with Crippen molar-refractivity contribution in [1.29, 1.82) is 0 Å². The zero-order valence-corrected chi connectivity index (χ0v) is 7.90. The van der Waals surface area contributed by atoms with Gasteiger partial charge in [0.1, 0.15) is 17.3 Å². The average Bonchev–Trinajstić information content (AvgIpc) is 2.47. The number of hydrogen-bond acceptors (Lipinski definition) is 2. The van der Waals surface area contributed by atoms with Crippen LogP contribution in [-0.4, -0.2) is 20.6 Å². The van der Waals surface area contributed by atoms with Crippen molar-refractivity contribution in [3.8, 4) is 0 Å². The van der Waals surface area contributed by atoms with Gasteiger partial charge in [0.15, 0.2) is 0 Å². The Kier molecular flexibility index (Phi) is 2.13. The van der Waals surface area contributed by atoms with Crippen molar-refractivity contribution in [2.75, 3.05) is 0 Å². The Hall–Kier alpha value is -1.55. The van der Waals surface area contributed by atoms with Crippen LogP contribution in [0.4, 0.5) is 0 Å². The first-order valence-corrected chi connectivity index (χ1v) is 4.38. The third-order valence-corrected chi connectivity index (χ3v) is 2.09. The Morgan fingerprint density at radius 1 is 1.50 bits per heavy atom. The maximum Gasteiger partial charge on any atom is 0.323 e. The highest BCUT2D eigenvalue weighted by molar-refractivity contribution is 6.29. The van der Waals surface area contributed by atoms with Crippen molar-refractivity contribution in [1.82, 2.24) is 9.55 Å². The van der Waals surface area contributed by atoms with E-state index in [1.165, 1.54) is 0 Å². The van der Waals surface area contributed by atoms with E-state index in [0.717, 1.165) is 5.39 Å². The molecule has 0 atom stereocenters. The molecule has 14 heavy (non-hydrogen) atoms. The van der Waals surface area contributed by atoms with Gasteiger partial charge in [-0.1, -0.05) is 11.6 Å². The van der Waals surface area contributed by atoms with Gasteiger partial charge in [-0.05, 0) is 18.2 Å². The molecule has 72 valence electrons. The van der Waals surface area contributed by atoms with Gasteiger partial charge in [-0.25, -0.2) is 4.98 Å². The molecule has 0 unspecified atom stereocenters. The lowest BCUT2D eigenvalue weighted by atomic mass is 10.3. The molecular weight excluding hydrogens is 204 g/mol. The second kappa shape index (κ2) is 3.31. The molecule has 0 saturated heterocycles. The summed E-state index contributed by atoms with van der Waals surface area (Å²) in [5.41, 5.74) is 0.597. The Morgan fingerprint density at radius 2 is 2.29 bits per heavy atom. The SMILES string of the molecule is O=C(O)Cn1ccc2ccc(Cl)nc21. The molecule has 0 aliphatic carbocycles. The van der Waals surface area contributed by atoms with E-state index in [1.54, 1.807) is 16.8 Å².